The number of aryl methyl sites for hydroxylation is 1. The fourth-order valence-electron chi connectivity index (χ4n) is 5.38. The second-order valence-electron chi connectivity index (χ2n) is 9.26. The summed E-state index contributed by atoms with van der Waals surface area (Å²) in [7, 11) is 0. The highest BCUT2D eigenvalue weighted by Crippen LogP contribution is 2.47. The normalized spacial score (nSPS) is 21.8. The number of benzene rings is 2. The number of carbonyl (C=O) groups excluding carboxylic acids is 3. The molecule has 2 heterocycles. The third-order valence-corrected chi connectivity index (χ3v) is 7.08. The fourth-order valence-corrected chi connectivity index (χ4v) is 5.38. The van der Waals surface area contributed by atoms with Crippen LogP contribution in [0.4, 0.5) is 21.9 Å². The van der Waals surface area contributed by atoms with Crippen molar-refractivity contribution < 1.29 is 19.3 Å². The van der Waals surface area contributed by atoms with E-state index < -0.39 is 34.2 Å². The highest BCUT2D eigenvalue weighted by atomic mass is 16.6. The quantitative estimate of drug-likeness (QED) is 0.356. The lowest BCUT2D eigenvalue weighted by Crippen LogP contribution is -2.72. The number of hydrogen-bond acceptors (Lipinski definition) is 6. The first-order chi connectivity index (χ1) is 16.8. The molecule has 9 nitrogen and oxygen atoms in total. The molecule has 0 unspecified atom stereocenters. The summed E-state index contributed by atoms with van der Waals surface area (Å²) >= 11 is 0. The van der Waals surface area contributed by atoms with E-state index in [1.54, 1.807) is 31.2 Å². The Kier molecular flexibility index (Phi) is 6.60. The number of non-ortho nitro benzene ring substituents is 1. The number of nitrogens with one attached hydrogen (secondary N) is 1. The third kappa shape index (κ3) is 3.94. The van der Waals surface area contributed by atoms with E-state index in [-0.39, 0.29) is 12.1 Å². The molecule has 4 amide bonds. The van der Waals surface area contributed by atoms with Crippen LogP contribution < -0.4 is 15.1 Å². The number of nitrogens with zero attached hydrogens (tertiary/aromatic N) is 3. The summed E-state index contributed by atoms with van der Waals surface area (Å²) in [5.74, 6) is -1.23. The predicted octanol–water partition coefficient (Wildman–Crippen LogP) is 4.50. The zero-order chi connectivity index (χ0) is 25.3. The Morgan fingerprint density at radius 1 is 1.09 bits per heavy atom. The number of hydrogen-bond donors (Lipinski definition) is 1. The third-order valence-electron chi connectivity index (χ3n) is 7.08. The Balaban J connectivity index is 1.93. The van der Waals surface area contributed by atoms with Gasteiger partial charge in [-0.05, 0) is 43.0 Å². The van der Waals surface area contributed by atoms with Crippen LogP contribution in [-0.2, 0) is 16.0 Å². The molecule has 1 spiro atoms. The predicted molar refractivity (Wildman–Crippen MR) is 132 cm³/mol. The Morgan fingerprint density at radius 3 is 2.49 bits per heavy atom. The molecule has 184 valence electrons. The number of barbiturate groups is 1. The molecule has 2 aromatic rings. The topological polar surface area (TPSA) is 113 Å². The van der Waals surface area contributed by atoms with Gasteiger partial charge in [-0.25, -0.2) is 9.69 Å². The minimum atomic E-state index is -1.60. The zero-order valence-electron chi connectivity index (χ0n) is 20.2. The van der Waals surface area contributed by atoms with Gasteiger partial charge in [0.05, 0.1) is 16.7 Å². The Morgan fingerprint density at radius 2 is 1.83 bits per heavy atom. The maximum Gasteiger partial charge on any atom is 0.335 e. The molecule has 9 heteroatoms. The average Bonchev–Trinajstić information content (AvgIpc) is 2.83. The highest BCUT2D eigenvalue weighted by Gasteiger charge is 2.62. The number of fused-ring (bicyclic) bond motifs is 1. The van der Waals surface area contributed by atoms with Crippen molar-refractivity contribution in [3.05, 3.63) is 63.7 Å². The molecule has 4 rings (SSSR count). The first-order valence-corrected chi connectivity index (χ1v) is 12.1. The van der Waals surface area contributed by atoms with Crippen molar-refractivity contribution >= 4 is 34.9 Å². The molecular formula is C26H30N4O5. The molecule has 0 bridgehead atoms. The molecule has 0 aliphatic carbocycles. The minimum absolute atomic E-state index is 0.0162. The van der Waals surface area contributed by atoms with Gasteiger partial charge in [-0.3, -0.25) is 25.0 Å². The maximum atomic E-state index is 14.3. The average molecular weight is 479 g/mol. The molecule has 0 saturated carbocycles. The van der Waals surface area contributed by atoms with Crippen molar-refractivity contribution in [2.45, 2.75) is 58.9 Å². The lowest BCUT2D eigenvalue weighted by molar-refractivity contribution is -0.384. The van der Waals surface area contributed by atoms with Gasteiger partial charge in [0.1, 0.15) is 0 Å². The molecule has 35 heavy (non-hydrogen) atoms. The first kappa shape index (κ1) is 24.4. The van der Waals surface area contributed by atoms with Crippen molar-refractivity contribution in [1.82, 2.24) is 5.32 Å². The zero-order valence-corrected chi connectivity index (χ0v) is 20.2. The van der Waals surface area contributed by atoms with Crippen LogP contribution in [-0.4, -0.2) is 35.4 Å². The number of anilines is 2. The highest BCUT2D eigenvalue weighted by molar-refractivity contribution is 6.31. The second-order valence-corrected chi connectivity index (χ2v) is 9.26. The van der Waals surface area contributed by atoms with Gasteiger partial charge in [0.15, 0.2) is 5.41 Å². The summed E-state index contributed by atoms with van der Waals surface area (Å²) in [5.41, 5.74) is 0.809. The van der Waals surface area contributed by atoms with Crippen molar-refractivity contribution in [3.63, 3.8) is 0 Å². The van der Waals surface area contributed by atoms with Crippen molar-refractivity contribution in [2.24, 2.45) is 5.41 Å². The van der Waals surface area contributed by atoms with Crippen LogP contribution >= 0.6 is 0 Å². The Bertz CT molecular complexity index is 1200. The number of imide groups is 2. The van der Waals surface area contributed by atoms with E-state index in [0.717, 1.165) is 35.4 Å². The number of nitro benzene ring substituents is 1. The minimum Gasteiger partial charge on any atom is -0.367 e. The van der Waals surface area contributed by atoms with Gasteiger partial charge in [-0.2, -0.15) is 0 Å². The fraction of sp³-hybridized carbons (Fsp3) is 0.423. The summed E-state index contributed by atoms with van der Waals surface area (Å²) in [6.07, 6.45) is 2.98. The molecule has 2 aromatic carbocycles. The number of rotatable bonds is 7. The first-order valence-electron chi connectivity index (χ1n) is 12.1. The van der Waals surface area contributed by atoms with Crippen LogP contribution in [0, 0.1) is 22.5 Å². The second kappa shape index (κ2) is 9.48. The summed E-state index contributed by atoms with van der Waals surface area (Å²) in [5, 5.41) is 14.0. The van der Waals surface area contributed by atoms with Gasteiger partial charge in [-0.1, -0.05) is 44.9 Å². The van der Waals surface area contributed by atoms with E-state index in [2.05, 4.69) is 17.1 Å². The smallest absolute Gasteiger partial charge is 0.335 e. The standard InChI is InChI=1S/C26H30N4O5/c1-4-6-14-28-21-13-12-19(30(34)35)15-18(21)16-26(22(28)9-5-2)23(31)27-25(33)29(24(26)32)20-11-8-7-10-17(20)3/h7-8,10-13,15,22H,4-6,9,14,16H2,1-3H3,(H,27,31,33)/t22-,26+/m0/s1. The SMILES string of the molecule is CCCCN1c2ccc([N+](=O)[O-])cc2C[C@]2(C(=O)NC(=O)N(c3ccccc3C)C2=O)[C@@H]1CCC. The van der Waals surface area contributed by atoms with Crippen LogP contribution in [0.2, 0.25) is 0 Å². The van der Waals surface area contributed by atoms with Crippen LogP contribution in [0.25, 0.3) is 0 Å². The number of unbranched alkanes of at least 4 members (excludes halogenated alkanes) is 1. The van der Waals surface area contributed by atoms with E-state index in [0.29, 0.717) is 24.2 Å². The van der Waals surface area contributed by atoms with Gasteiger partial charge in [0.25, 0.3) is 11.6 Å². The molecule has 0 radical (unpaired) electrons. The monoisotopic (exact) mass is 478 g/mol. The van der Waals surface area contributed by atoms with Crippen LogP contribution in [0.3, 0.4) is 0 Å². The molecule has 1 saturated heterocycles. The van der Waals surface area contributed by atoms with Crippen molar-refractivity contribution in [1.29, 1.82) is 0 Å². The lowest BCUT2D eigenvalue weighted by Gasteiger charge is -2.52. The number of urea groups is 1. The Labute approximate surface area is 204 Å². The number of amides is 4. The molecule has 2 aliphatic rings. The van der Waals surface area contributed by atoms with E-state index in [1.165, 1.54) is 12.1 Å². The molecule has 2 aliphatic heterocycles. The number of carbonyl (C=O) groups is 3. The van der Waals surface area contributed by atoms with Crippen molar-refractivity contribution in [2.75, 3.05) is 16.3 Å². The molecule has 1 fully saturated rings. The van der Waals surface area contributed by atoms with Gasteiger partial charge in [0.2, 0.25) is 5.91 Å². The number of para-hydroxylation sites is 1. The summed E-state index contributed by atoms with van der Waals surface area (Å²) < 4.78 is 0. The molecular weight excluding hydrogens is 448 g/mol. The van der Waals surface area contributed by atoms with Gasteiger partial charge < -0.3 is 4.90 Å². The Hall–Kier alpha value is -3.75. The molecule has 1 N–H and O–H groups in total. The lowest BCUT2D eigenvalue weighted by atomic mass is 9.67. The van der Waals surface area contributed by atoms with Crippen LogP contribution in [0.1, 0.15) is 50.7 Å². The van der Waals surface area contributed by atoms with Gasteiger partial charge in [-0.15, -0.1) is 0 Å². The molecule has 0 aromatic heterocycles. The maximum absolute atomic E-state index is 14.3. The van der Waals surface area contributed by atoms with Crippen molar-refractivity contribution in [3.8, 4) is 0 Å². The van der Waals surface area contributed by atoms with E-state index in [1.807, 2.05) is 13.0 Å². The van der Waals surface area contributed by atoms with E-state index in [4.69, 9.17) is 0 Å². The van der Waals surface area contributed by atoms with E-state index in [9.17, 15) is 24.5 Å². The summed E-state index contributed by atoms with van der Waals surface area (Å²) in [6.45, 7) is 6.44. The largest absolute Gasteiger partial charge is 0.367 e. The van der Waals surface area contributed by atoms with Gasteiger partial charge >= 0.3 is 6.03 Å². The van der Waals surface area contributed by atoms with Gasteiger partial charge in [0, 0.05) is 30.8 Å². The molecule has 2 atom stereocenters. The number of nitro groups is 1. The summed E-state index contributed by atoms with van der Waals surface area (Å²) in [4.78, 5) is 55.1. The summed E-state index contributed by atoms with van der Waals surface area (Å²) in [6, 6.07) is 10.4. The van der Waals surface area contributed by atoms with E-state index >= 15 is 0 Å². The van der Waals surface area contributed by atoms with Crippen LogP contribution in [0.15, 0.2) is 42.5 Å². The van der Waals surface area contributed by atoms with Crippen LogP contribution in [0.5, 0.6) is 0 Å².